The number of thioether (sulfide) groups is 1. The number of hydrogen-bond acceptors (Lipinski definition) is 9. The summed E-state index contributed by atoms with van der Waals surface area (Å²) >= 11 is 1.55. The van der Waals surface area contributed by atoms with E-state index in [1.165, 1.54) is 0 Å². The average molecular weight is 711 g/mol. The molecule has 1 fully saturated rings. The van der Waals surface area contributed by atoms with Crippen LogP contribution in [0.15, 0.2) is 0 Å². The van der Waals surface area contributed by atoms with Gasteiger partial charge in [-0.15, -0.1) is 0 Å². The monoisotopic (exact) mass is 711 g/mol. The van der Waals surface area contributed by atoms with Crippen molar-refractivity contribution in [1.82, 2.24) is 19.6 Å². The molecule has 0 aromatic rings. The summed E-state index contributed by atoms with van der Waals surface area (Å²) in [6, 6.07) is -3.10. The van der Waals surface area contributed by atoms with E-state index in [-0.39, 0.29) is 0 Å². The number of carbonyl (C=O) groups is 4. The van der Waals surface area contributed by atoms with Crippen molar-refractivity contribution in [3.8, 4) is 0 Å². The van der Waals surface area contributed by atoms with Gasteiger partial charge in [0.25, 0.3) is 0 Å². The maximum atomic E-state index is 12.3. The van der Waals surface area contributed by atoms with Crippen LogP contribution >= 0.6 is 11.8 Å². The first-order chi connectivity index (χ1) is 23.0. The Kier molecular flexibility index (Phi) is 38.5. The number of rotatable bonds is 16. The number of aliphatic carboxylic acids is 4. The molecule has 0 aromatic carbocycles. The molecule has 1 saturated heterocycles. The Morgan fingerprint density at radius 2 is 0.708 bits per heavy atom. The van der Waals surface area contributed by atoms with Gasteiger partial charge < -0.3 is 20.4 Å². The lowest BCUT2D eigenvalue weighted by Gasteiger charge is -2.39. The van der Waals surface area contributed by atoms with Gasteiger partial charge in [-0.1, -0.05) is 89.0 Å². The van der Waals surface area contributed by atoms with Crippen LogP contribution in [0.25, 0.3) is 0 Å². The topological polar surface area (TPSA) is 162 Å². The lowest BCUT2D eigenvalue weighted by molar-refractivity contribution is -0.148. The molecule has 4 atom stereocenters. The van der Waals surface area contributed by atoms with Crippen molar-refractivity contribution < 1.29 is 39.6 Å². The van der Waals surface area contributed by atoms with Gasteiger partial charge in [0.05, 0.1) is 0 Å². The average Bonchev–Trinajstić information content (AvgIpc) is 3.08. The van der Waals surface area contributed by atoms with Crippen molar-refractivity contribution in [3.05, 3.63) is 0 Å². The minimum absolute atomic E-state index is 0.296. The Labute approximate surface area is 297 Å². The van der Waals surface area contributed by atoms with Gasteiger partial charge in [-0.05, 0) is 37.7 Å². The van der Waals surface area contributed by atoms with Gasteiger partial charge in [-0.3, -0.25) is 38.8 Å². The van der Waals surface area contributed by atoms with E-state index in [1.54, 1.807) is 18.7 Å². The van der Waals surface area contributed by atoms with Gasteiger partial charge in [0, 0.05) is 52.4 Å². The molecule has 1 aliphatic heterocycles. The fourth-order valence-electron chi connectivity index (χ4n) is 5.47. The number of carboxylic acid groups (broad SMARTS) is 4. The van der Waals surface area contributed by atoms with Crippen molar-refractivity contribution in [2.75, 3.05) is 64.4 Å². The molecule has 0 aliphatic carbocycles. The van der Waals surface area contributed by atoms with E-state index in [2.05, 4.69) is 0 Å². The molecular weight excluding hydrogens is 636 g/mol. The van der Waals surface area contributed by atoms with Gasteiger partial charge >= 0.3 is 23.9 Å². The van der Waals surface area contributed by atoms with E-state index in [1.807, 2.05) is 95.1 Å². The predicted octanol–water partition coefficient (Wildman–Crippen LogP) is 5.89. The van der Waals surface area contributed by atoms with Crippen LogP contribution in [0.1, 0.15) is 115 Å². The predicted molar refractivity (Wildman–Crippen MR) is 200 cm³/mol. The van der Waals surface area contributed by atoms with Crippen LogP contribution in [0.5, 0.6) is 0 Å². The largest absolute Gasteiger partial charge is 0.480 e. The Hall–Kier alpha value is -1.93. The highest BCUT2D eigenvalue weighted by Crippen LogP contribution is 2.17. The molecule has 1 rings (SSSR count). The Balaban J connectivity index is -0.00000112. The molecule has 13 heteroatoms. The van der Waals surface area contributed by atoms with Crippen molar-refractivity contribution in [1.29, 1.82) is 0 Å². The highest BCUT2D eigenvalue weighted by molar-refractivity contribution is 7.98. The first-order valence-electron chi connectivity index (χ1n) is 18.4. The standard InChI is InChI=1S/C27H50N4O8S.4C2H6/c1-5-8-21(25(34)35)29-13-11-28(20(7-3)24(32)33)12-14-31(23(27(38)39)10-19-40-4)18-17-30(16-15-29)22(9-6-2)26(36)37;4*1-2/h20-23H,5-19H2,1-4H3,(H,32,33)(H,34,35)(H,36,37)(H,38,39);4*1-2H3. The Morgan fingerprint density at radius 1 is 0.479 bits per heavy atom. The fourth-order valence-corrected chi connectivity index (χ4v) is 5.93. The molecule has 4 unspecified atom stereocenters. The first kappa shape index (κ1) is 52.9. The summed E-state index contributed by atoms with van der Waals surface area (Å²) in [6.07, 6.45) is 4.83. The molecule has 0 saturated carbocycles. The number of carboxylic acids is 4. The molecule has 0 aromatic heterocycles. The molecule has 0 amide bonds. The zero-order valence-corrected chi connectivity index (χ0v) is 33.4. The quantitative estimate of drug-likeness (QED) is 0.150. The summed E-state index contributed by atoms with van der Waals surface area (Å²) in [4.78, 5) is 56.2. The van der Waals surface area contributed by atoms with Crippen LogP contribution in [-0.2, 0) is 19.2 Å². The summed E-state index contributed by atoms with van der Waals surface area (Å²) in [5.41, 5.74) is 0. The minimum Gasteiger partial charge on any atom is -0.480 e. The molecule has 288 valence electrons. The molecule has 0 bridgehead atoms. The third-order valence-electron chi connectivity index (χ3n) is 7.71. The van der Waals surface area contributed by atoms with Crippen molar-refractivity contribution in [2.24, 2.45) is 0 Å². The van der Waals surface area contributed by atoms with Gasteiger partial charge in [0.1, 0.15) is 24.2 Å². The molecule has 48 heavy (non-hydrogen) atoms. The molecule has 1 aliphatic rings. The van der Waals surface area contributed by atoms with E-state index < -0.39 is 48.0 Å². The van der Waals surface area contributed by atoms with Gasteiger partial charge in [-0.25, -0.2) is 0 Å². The molecule has 1 heterocycles. The van der Waals surface area contributed by atoms with Crippen molar-refractivity contribution in [2.45, 2.75) is 139 Å². The van der Waals surface area contributed by atoms with Crippen LogP contribution in [0.3, 0.4) is 0 Å². The SMILES string of the molecule is CC.CC.CC.CC.CCCC(C(=O)O)N1CCN(C(CC)C(=O)O)CCN(C(CCSC)C(=O)O)CCN(C(CCC)C(=O)O)CC1. The van der Waals surface area contributed by atoms with Crippen LogP contribution in [-0.4, -0.2) is 152 Å². The van der Waals surface area contributed by atoms with Crippen molar-refractivity contribution in [3.63, 3.8) is 0 Å². The molecule has 4 N–H and O–H groups in total. The maximum Gasteiger partial charge on any atom is 0.320 e. The number of hydrogen-bond donors (Lipinski definition) is 4. The highest BCUT2D eigenvalue weighted by Gasteiger charge is 2.33. The second-order valence-corrected chi connectivity index (χ2v) is 11.3. The molecule has 0 spiro atoms. The second-order valence-electron chi connectivity index (χ2n) is 10.3. The van der Waals surface area contributed by atoms with E-state index >= 15 is 0 Å². The summed E-state index contributed by atoms with van der Waals surface area (Å²) in [5, 5.41) is 40.0. The number of nitrogens with zero attached hydrogens (tertiary/aromatic N) is 4. The summed E-state index contributed by atoms with van der Waals surface area (Å²) in [7, 11) is 0. The van der Waals surface area contributed by atoms with Crippen LogP contribution in [0.4, 0.5) is 0 Å². The van der Waals surface area contributed by atoms with E-state index in [0.717, 1.165) is 0 Å². The smallest absolute Gasteiger partial charge is 0.320 e. The van der Waals surface area contributed by atoms with Crippen LogP contribution < -0.4 is 0 Å². The lowest BCUT2D eigenvalue weighted by atomic mass is 10.1. The zero-order chi connectivity index (χ0) is 38.2. The third-order valence-corrected chi connectivity index (χ3v) is 8.35. The van der Waals surface area contributed by atoms with E-state index in [9.17, 15) is 39.6 Å². The summed E-state index contributed by atoms with van der Waals surface area (Å²) in [6.45, 7) is 24.0. The molecule has 0 radical (unpaired) electrons. The van der Waals surface area contributed by atoms with E-state index in [0.29, 0.717) is 96.6 Å². The third kappa shape index (κ3) is 21.2. The summed E-state index contributed by atoms with van der Waals surface area (Å²) < 4.78 is 0. The second kappa shape index (κ2) is 34.9. The normalized spacial score (nSPS) is 17.6. The van der Waals surface area contributed by atoms with Crippen LogP contribution in [0, 0.1) is 0 Å². The molecular formula is C35H74N4O8S. The van der Waals surface area contributed by atoms with Gasteiger partial charge in [-0.2, -0.15) is 11.8 Å². The zero-order valence-electron chi connectivity index (χ0n) is 32.5. The first-order valence-corrected chi connectivity index (χ1v) is 19.8. The van der Waals surface area contributed by atoms with Crippen molar-refractivity contribution >= 4 is 35.6 Å². The summed E-state index contributed by atoms with van der Waals surface area (Å²) in [5.74, 6) is -3.19. The highest BCUT2D eigenvalue weighted by atomic mass is 32.2. The Bertz CT molecular complexity index is 809. The molecule has 12 nitrogen and oxygen atoms in total. The maximum absolute atomic E-state index is 12.3. The fraction of sp³-hybridized carbons (Fsp3) is 0.886. The Morgan fingerprint density at radius 3 is 0.896 bits per heavy atom. The minimum atomic E-state index is -0.969. The van der Waals surface area contributed by atoms with Gasteiger partial charge in [0.15, 0.2) is 0 Å². The lowest BCUT2D eigenvalue weighted by Crippen LogP contribution is -2.56. The van der Waals surface area contributed by atoms with Crippen LogP contribution in [0.2, 0.25) is 0 Å². The van der Waals surface area contributed by atoms with Gasteiger partial charge in [0.2, 0.25) is 0 Å². The van der Waals surface area contributed by atoms with E-state index in [4.69, 9.17) is 0 Å².